The molecule has 0 aromatic rings. The minimum absolute atomic E-state index is 0.0874. The summed E-state index contributed by atoms with van der Waals surface area (Å²) in [4.78, 5) is 23.8. The molecule has 0 radical (unpaired) electrons. The van der Waals surface area contributed by atoms with Crippen LogP contribution in [0.1, 0.15) is 40.0 Å². The van der Waals surface area contributed by atoms with Crippen LogP contribution in [-0.2, 0) is 4.79 Å². The summed E-state index contributed by atoms with van der Waals surface area (Å²) in [5, 5.41) is 21.0. The van der Waals surface area contributed by atoms with Gasteiger partial charge < -0.3 is 20.4 Å². The van der Waals surface area contributed by atoms with E-state index < -0.39 is 11.6 Å². The molecule has 0 aliphatic heterocycles. The molecular weight excluding hydrogens is 236 g/mol. The molecule has 0 saturated heterocycles. The number of rotatable bonds is 7. The van der Waals surface area contributed by atoms with Gasteiger partial charge in [-0.15, -0.1) is 0 Å². The molecule has 0 saturated carbocycles. The fourth-order valence-corrected chi connectivity index (χ4v) is 1.72. The Bertz CT molecular complexity index is 286. The molecule has 0 fully saturated rings. The van der Waals surface area contributed by atoms with Gasteiger partial charge in [0, 0.05) is 13.1 Å². The molecule has 18 heavy (non-hydrogen) atoms. The lowest BCUT2D eigenvalue weighted by atomic mass is 10.1. The van der Waals surface area contributed by atoms with Gasteiger partial charge in [-0.3, -0.25) is 4.79 Å². The molecule has 0 spiro atoms. The molecule has 0 rings (SSSR count). The summed E-state index contributed by atoms with van der Waals surface area (Å²) < 4.78 is 0. The van der Waals surface area contributed by atoms with Gasteiger partial charge in [-0.05, 0) is 20.3 Å². The number of aliphatic carboxylic acids is 1. The number of nitrogens with one attached hydrogen (secondary N) is 1. The van der Waals surface area contributed by atoms with Gasteiger partial charge in [0.1, 0.15) is 0 Å². The number of amides is 2. The van der Waals surface area contributed by atoms with Crippen molar-refractivity contribution < 1.29 is 19.8 Å². The molecule has 1 atom stereocenters. The molecular formula is C12H24N2O4. The maximum atomic E-state index is 11.8. The zero-order chi connectivity index (χ0) is 14.3. The third kappa shape index (κ3) is 7.89. The van der Waals surface area contributed by atoms with Crippen LogP contribution in [0.2, 0.25) is 0 Å². The molecule has 1 unspecified atom stereocenters. The zero-order valence-electron chi connectivity index (χ0n) is 11.6. The number of hydrogen-bond acceptors (Lipinski definition) is 3. The molecule has 0 aliphatic carbocycles. The summed E-state index contributed by atoms with van der Waals surface area (Å²) in [5.41, 5.74) is -0.973. The predicted octanol–water partition coefficient (Wildman–Crippen LogP) is 1.04. The largest absolute Gasteiger partial charge is 0.481 e. The van der Waals surface area contributed by atoms with Crippen molar-refractivity contribution in [3.05, 3.63) is 0 Å². The summed E-state index contributed by atoms with van der Waals surface area (Å²) in [7, 11) is 1.57. The van der Waals surface area contributed by atoms with Gasteiger partial charge in [-0.2, -0.15) is 0 Å². The summed E-state index contributed by atoms with van der Waals surface area (Å²) in [6, 6.07) is -0.735. The van der Waals surface area contributed by atoms with Crippen LogP contribution in [0.15, 0.2) is 0 Å². The van der Waals surface area contributed by atoms with E-state index in [1.165, 1.54) is 4.90 Å². The minimum Gasteiger partial charge on any atom is -0.481 e. The van der Waals surface area contributed by atoms with Gasteiger partial charge in [-0.25, -0.2) is 4.79 Å². The monoisotopic (exact) mass is 260 g/mol. The Labute approximate surface area is 108 Å². The fraction of sp³-hybridized carbons (Fsp3) is 0.833. The summed E-state index contributed by atoms with van der Waals surface area (Å²) in [6.07, 6.45) is 1.33. The van der Waals surface area contributed by atoms with Crippen LogP contribution in [-0.4, -0.2) is 52.3 Å². The van der Waals surface area contributed by atoms with E-state index in [-0.39, 0.29) is 25.0 Å². The fourth-order valence-electron chi connectivity index (χ4n) is 1.72. The first-order chi connectivity index (χ1) is 8.15. The Hall–Kier alpha value is -1.30. The number of hydrogen-bond donors (Lipinski definition) is 3. The van der Waals surface area contributed by atoms with E-state index in [4.69, 9.17) is 5.11 Å². The number of urea groups is 1. The van der Waals surface area contributed by atoms with Gasteiger partial charge in [0.25, 0.3) is 0 Å². The number of likely N-dealkylation sites (N-methyl/N-ethyl adjacent to an activating group) is 1. The minimum atomic E-state index is -0.973. The van der Waals surface area contributed by atoms with Crippen molar-refractivity contribution in [2.75, 3.05) is 13.6 Å². The zero-order valence-corrected chi connectivity index (χ0v) is 11.6. The van der Waals surface area contributed by atoms with E-state index in [0.717, 1.165) is 6.42 Å². The van der Waals surface area contributed by atoms with E-state index in [9.17, 15) is 14.7 Å². The highest BCUT2D eigenvalue weighted by molar-refractivity contribution is 5.75. The average Bonchev–Trinajstić information content (AvgIpc) is 2.13. The standard InChI is InChI=1S/C12H24N2O4/c1-5-6-9(7-10(15)16)13-11(17)14(4)8-12(2,3)18/h9,18H,5-8H2,1-4H3,(H,13,17)(H,15,16). The van der Waals surface area contributed by atoms with Gasteiger partial charge in [0.05, 0.1) is 18.6 Å². The van der Waals surface area contributed by atoms with Gasteiger partial charge in [-0.1, -0.05) is 13.3 Å². The second kappa shape index (κ2) is 7.20. The number of carboxylic acids is 1. The Morgan fingerprint density at radius 2 is 1.94 bits per heavy atom. The van der Waals surface area contributed by atoms with Crippen LogP contribution >= 0.6 is 0 Å². The highest BCUT2D eigenvalue weighted by Gasteiger charge is 2.22. The number of aliphatic hydroxyl groups is 1. The van der Waals surface area contributed by atoms with Crippen molar-refractivity contribution in [2.24, 2.45) is 0 Å². The number of carboxylic acid groups (broad SMARTS) is 1. The number of nitrogens with zero attached hydrogens (tertiary/aromatic N) is 1. The molecule has 6 nitrogen and oxygen atoms in total. The summed E-state index contributed by atoms with van der Waals surface area (Å²) in [6.45, 7) is 5.33. The van der Waals surface area contributed by atoms with Gasteiger partial charge in [0.2, 0.25) is 0 Å². The molecule has 106 valence electrons. The Kier molecular flexibility index (Phi) is 6.68. The molecule has 0 heterocycles. The first-order valence-electron chi connectivity index (χ1n) is 6.11. The number of carbonyl (C=O) groups excluding carboxylic acids is 1. The van der Waals surface area contributed by atoms with Crippen LogP contribution in [0, 0.1) is 0 Å². The van der Waals surface area contributed by atoms with Crippen molar-refractivity contribution in [2.45, 2.75) is 51.7 Å². The van der Waals surface area contributed by atoms with Crippen LogP contribution in [0.4, 0.5) is 4.79 Å². The first kappa shape index (κ1) is 16.7. The lowest BCUT2D eigenvalue weighted by Crippen LogP contribution is -2.48. The highest BCUT2D eigenvalue weighted by Crippen LogP contribution is 2.06. The lowest BCUT2D eigenvalue weighted by Gasteiger charge is -2.27. The molecule has 6 heteroatoms. The molecule has 0 aliphatic rings. The summed E-state index contributed by atoms with van der Waals surface area (Å²) in [5.74, 6) is -0.932. The molecule has 2 amide bonds. The first-order valence-corrected chi connectivity index (χ1v) is 6.11. The summed E-state index contributed by atoms with van der Waals surface area (Å²) >= 11 is 0. The van der Waals surface area contributed by atoms with Crippen molar-refractivity contribution in [1.82, 2.24) is 10.2 Å². The Balaban J connectivity index is 4.35. The van der Waals surface area contributed by atoms with E-state index >= 15 is 0 Å². The quantitative estimate of drug-likeness (QED) is 0.638. The van der Waals surface area contributed by atoms with E-state index in [0.29, 0.717) is 6.42 Å². The average molecular weight is 260 g/mol. The molecule has 3 N–H and O–H groups in total. The Morgan fingerprint density at radius 3 is 2.33 bits per heavy atom. The second-order valence-electron chi connectivity index (χ2n) is 5.20. The van der Waals surface area contributed by atoms with Crippen molar-refractivity contribution in [3.63, 3.8) is 0 Å². The van der Waals surface area contributed by atoms with Gasteiger partial charge in [0.15, 0.2) is 0 Å². The lowest BCUT2D eigenvalue weighted by molar-refractivity contribution is -0.137. The maximum Gasteiger partial charge on any atom is 0.317 e. The van der Waals surface area contributed by atoms with Crippen LogP contribution in [0.25, 0.3) is 0 Å². The van der Waals surface area contributed by atoms with E-state index in [1.807, 2.05) is 6.92 Å². The normalized spacial score (nSPS) is 12.9. The molecule has 0 bridgehead atoms. The predicted molar refractivity (Wildman–Crippen MR) is 68.4 cm³/mol. The van der Waals surface area contributed by atoms with Crippen LogP contribution in [0.3, 0.4) is 0 Å². The third-order valence-corrected chi connectivity index (χ3v) is 2.36. The SMILES string of the molecule is CCCC(CC(=O)O)NC(=O)N(C)CC(C)(C)O. The van der Waals surface area contributed by atoms with Crippen LogP contribution < -0.4 is 5.32 Å². The number of carbonyl (C=O) groups is 2. The Morgan fingerprint density at radius 1 is 1.39 bits per heavy atom. The highest BCUT2D eigenvalue weighted by atomic mass is 16.4. The second-order valence-corrected chi connectivity index (χ2v) is 5.20. The van der Waals surface area contributed by atoms with Crippen molar-refractivity contribution in [3.8, 4) is 0 Å². The van der Waals surface area contributed by atoms with Crippen LogP contribution in [0.5, 0.6) is 0 Å². The third-order valence-electron chi connectivity index (χ3n) is 2.36. The molecule has 0 aromatic carbocycles. The maximum absolute atomic E-state index is 11.8. The topological polar surface area (TPSA) is 89.9 Å². The molecule has 0 aromatic heterocycles. The van der Waals surface area contributed by atoms with E-state index in [2.05, 4.69) is 5.32 Å². The van der Waals surface area contributed by atoms with Gasteiger partial charge >= 0.3 is 12.0 Å². The van der Waals surface area contributed by atoms with E-state index in [1.54, 1.807) is 20.9 Å². The van der Waals surface area contributed by atoms with Crippen molar-refractivity contribution in [1.29, 1.82) is 0 Å². The van der Waals surface area contributed by atoms with Crippen molar-refractivity contribution >= 4 is 12.0 Å². The smallest absolute Gasteiger partial charge is 0.317 e.